The van der Waals surface area contributed by atoms with Gasteiger partial charge in [0.1, 0.15) is 11.6 Å². The highest BCUT2D eigenvalue weighted by Gasteiger charge is 2.15. The Morgan fingerprint density at radius 1 is 1.17 bits per heavy atom. The fourth-order valence-corrected chi connectivity index (χ4v) is 2.85. The van der Waals surface area contributed by atoms with Crippen molar-refractivity contribution in [2.45, 2.75) is 33.2 Å². The van der Waals surface area contributed by atoms with Crippen molar-refractivity contribution >= 4 is 11.7 Å². The van der Waals surface area contributed by atoms with Gasteiger partial charge >= 0.3 is 0 Å². The molecule has 0 spiro atoms. The molecular formula is C18H22N4O. The van der Waals surface area contributed by atoms with E-state index in [4.69, 9.17) is 0 Å². The van der Waals surface area contributed by atoms with E-state index >= 15 is 0 Å². The highest BCUT2D eigenvalue weighted by Crippen LogP contribution is 2.18. The summed E-state index contributed by atoms with van der Waals surface area (Å²) in [6.45, 7) is 6.38. The van der Waals surface area contributed by atoms with Crippen molar-refractivity contribution in [3.63, 3.8) is 0 Å². The summed E-state index contributed by atoms with van der Waals surface area (Å²) >= 11 is 0. The van der Waals surface area contributed by atoms with E-state index in [1.54, 1.807) is 0 Å². The molecule has 0 aliphatic carbocycles. The van der Waals surface area contributed by atoms with Gasteiger partial charge < -0.3 is 10.2 Å². The molecule has 2 heterocycles. The summed E-state index contributed by atoms with van der Waals surface area (Å²) in [4.78, 5) is 23.5. The number of nitrogens with one attached hydrogen (secondary N) is 1. The Morgan fingerprint density at radius 2 is 1.96 bits per heavy atom. The van der Waals surface area contributed by atoms with Gasteiger partial charge in [0.05, 0.1) is 6.54 Å². The SMILES string of the molecule is Cc1cccc(C(=O)NCc2nc(C)cc(N3CCCC3)n2)c1. The lowest BCUT2D eigenvalue weighted by Crippen LogP contribution is -2.25. The highest BCUT2D eigenvalue weighted by atomic mass is 16.1. The van der Waals surface area contributed by atoms with Crippen LogP contribution < -0.4 is 10.2 Å². The van der Waals surface area contributed by atoms with Crippen LogP contribution in [0, 0.1) is 13.8 Å². The third-order valence-electron chi connectivity index (χ3n) is 4.00. The van der Waals surface area contributed by atoms with Crippen molar-refractivity contribution in [2.24, 2.45) is 0 Å². The van der Waals surface area contributed by atoms with Crippen LogP contribution in [-0.4, -0.2) is 29.0 Å². The number of anilines is 1. The smallest absolute Gasteiger partial charge is 0.251 e. The molecule has 1 aliphatic rings. The van der Waals surface area contributed by atoms with Gasteiger partial charge in [0.25, 0.3) is 5.91 Å². The molecule has 0 radical (unpaired) electrons. The summed E-state index contributed by atoms with van der Waals surface area (Å²) in [6.07, 6.45) is 2.42. The molecule has 1 aromatic carbocycles. The number of amides is 1. The van der Waals surface area contributed by atoms with Gasteiger partial charge in [0.15, 0.2) is 0 Å². The van der Waals surface area contributed by atoms with Gasteiger partial charge in [0, 0.05) is 30.4 Å². The van der Waals surface area contributed by atoms with Crippen molar-refractivity contribution < 1.29 is 4.79 Å². The summed E-state index contributed by atoms with van der Waals surface area (Å²) < 4.78 is 0. The van der Waals surface area contributed by atoms with Crippen LogP contribution in [0.1, 0.15) is 40.3 Å². The van der Waals surface area contributed by atoms with Gasteiger partial charge in [-0.25, -0.2) is 9.97 Å². The third kappa shape index (κ3) is 3.86. The number of rotatable bonds is 4. The minimum atomic E-state index is -0.0958. The Labute approximate surface area is 136 Å². The van der Waals surface area contributed by atoms with Crippen molar-refractivity contribution in [2.75, 3.05) is 18.0 Å². The van der Waals surface area contributed by atoms with Crippen molar-refractivity contribution in [3.8, 4) is 0 Å². The second-order valence-electron chi connectivity index (χ2n) is 6.03. The fourth-order valence-electron chi connectivity index (χ4n) is 2.85. The Morgan fingerprint density at radius 3 is 2.70 bits per heavy atom. The predicted molar refractivity (Wildman–Crippen MR) is 90.6 cm³/mol. The maximum Gasteiger partial charge on any atom is 0.251 e. The second-order valence-corrected chi connectivity index (χ2v) is 6.03. The normalized spacial score (nSPS) is 14.1. The molecule has 2 aromatic rings. The predicted octanol–water partition coefficient (Wildman–Crippen LogP) is 2.62. The molecule has 0 bridgehead atoms. The van der Waals surface area contributed by atoms with E-state index in [-0.39, 0.29) is 5.91 Å². The van der Waals surface area contributed by atoms with Gasteiger partial charge in [-0.15, -0.1) is 0 Å². The summed E-state index contributed by atoms with van der Waals surface area (Å²) in [5.41, 5.74) is 2.67. The van der Waals surface area contributed by atoms with Gasteiger partial charge in [-0.1, -0.05) is 17.7 Å². The molecule has 1 aromatic heterocycles. The fraction of sp³-hybridized carbons (Fsp3) is 0.389. The van der Waals surface area contributed by atoms with E-state index in [1.807, 2.05) is 44.2 Å². The lowest BCUT2D eigenvalue weighted by Gasteiger charge is -2.17. The standard InChI is InChI=1S/C18H22N4O/c1-13-6-5-7-15(10-13)18(23)19-12-16-20-14(2)11-17(21-16)22-8-3-4-9-22/h5-7,10-11H,3-4,8-9,12H2,1-2H3,(H,19,23). The minimum Gasteiger partial charge on any atom is -0.357 e. The van der Waals surface area contributed by atoms with Crippen LogP contribution in [0.4, 0.5) is 5.82 Å². The summed E-state index contributed by atoms with van der Waals surface area (Å²) in [5.74, 6) is 1.53. The molecule has 1 amide bonds. The first kappa shape index (κ1) is 15.5. The molecule has 0 atom stereocenters. The first-order chi connectivity index (χ1) is 11.1. The Hall–Kier alpha value is -2.43. The third-order valence-corrected chi connectivity index (χ3v) is 4.00. The summed E-state index contributed by atoms with van der Waals surface area (Å²) in [7, 11) is 0. The molecule has 120 valence electrons. The van der Waals surface area contributed by atoms with E-state index < -0.39 is 0 Å². The Kier molecular flexibility index (Phi) is 4.55. The zero-order valence-corrected chi connectivity index (χ0v) is 13.7. The number of hydrogen-bond acceptors (Lipinski definition) is 4. The van der Waals surface area contributed by atoms with Crippen LogP contribution in [0.5, 0.6) is 0 Å². The molecule has 0 saturated carbocycles. The van der Waals surface area contributed by atoms with E-state index in [2.05, 4.69) is 20.2 Å². The number of aryl methyl sites for hydroxylation is 2. The van der Waals surface area contributed by atoms with Crippen molar-refractivity contribution in [3.05, 3.63) is 53.0 Å². The lowest BCUT2D eigenvalue weighted by atomic mass is 10.1. The monoisotopic (exact) mass is 310 g/mol. The summed E-state index contributed by atoms with van der Waals surface area (Å²) in [6, 6.07) is 9.57. The summed E-state index contributed by atoms with van der Waals surface area (Å²) in [5, 5.41) is 2.91. The highest BCUT2D eigenvalue weighted by molar-refractivity contribution is 5.94. The van der Waals surface area contributed by atoms with Crippen LogP contribution in [0.2, 0.25) is 0 Å². The van der Waals surface area contributed by atoms with Crippen LogP contribution in [0.3, 0.4) is 0 Å². The van der Waals surface area contributed by atoms with E-state index in [0.29, 0.717) is 17.9 Å². The van der Waals surface area contributed by atoms with Crippen molar-refractivity contribution in [1.29, 1.82) is 0 Å². The van der Waals surface area contributed by atoms with Crippen LogP contribution in [0.15, 0.2) is 30.3 Å². The first-order valence-corrected chi connectivity index (χ1v) is 8.06. The molecule has 5 heteroatoms. The zero-order chi connectivity index (χ0) is 16.2. The average Bonchev–Trinajstić information content (AvgIpc) is 3.06. The molecule has 5 nitrogen and oxygen atoms in total. The number of carbonyl (C=O) groups is 1. The molecule has 1 fully saturated rings. The van der Waals surface area contributed by atoms with Crippen LogP contribution >= 0.6 is 0 Å². The quantitative estimate of drug-likeness (QED) is 0.943. The van der Waals surface area contributed by atoms with Crippen molar-refractivity contribution in [1.82, 2.24) is 15.3 Å². The molecule has 0 unspecified atom stereocenters. The number of carbonyl (C=O) groups excluding carboxylic acids is 1. The maximum atomic E-state index is 12.2. The van der Waals surface area contributed by atoms with E-state index in [1.165, 1.54) is 12.8 Å². The zero-order valence-electron chi connectivity index (χ0n) is 13.7. The second kappa shape index (κ2) is 6.77. The van der Waals surface area contributed by atoms with Crippen LogP contribution in [0.25, 0.3) is 0 Å². The molecule has 1 aliphatic heterocycles. The van der Waals surface area contributed by atoms with Gasteiger partial charge in [0.2, 0.25) is 0 Å². The average molecular weight is 310 g/mol. The minimum absolute atomic E-state index is 0.0958. The number of hydrogen-bond donors (Lipinski definition) is 1. The number of aromatic nitrogens is 2. The molecule has 3 rings (SSSR count). The Balaban J connectivity index is 1.69. The maximum absolute atomic E-state index is 12.2. The van der Waals surface area contributed by atoms with E-state index in [0.717, 1.165) is 30.2 Å². The van der Waals surface area contributed by atoms with Gasteiger partial charge in [-0.3, -0.25) is 4.79 Å². The topological polar surface area (TPSA) is 58.1 Å². The largest absolute Gasteiger partial charge is 0.357 e. The number of benzene rings is 1. The first-order valence-electron chi connectivity index (χ1n) is 8.06. The Bertz CT molecular complexity index is 708. The molecule has 1 N–H and O–H groups in total. The van der Waals surface area contributed by atoms with Gasteiger partial charge in [-0.05, 0) is 38.8 Å². The molecule has 23 heavy (non-hydrogen) atoms. The molecular weight excluding hydrogens is 288 g/mol. The van der Waals surface area contributed by atoms with Gasteiger partial charge in [-0.2, -0.15) is 0 Å². The van der Waals surface area contributed by atoms with E-state index in [9.17, 15) is 4.79 Å². The number of nitrogens with zero attached hydrogens (tertiary/aromatic N) is 3. The lowest BCUT2D eigenvalue weighted by molar-refractivity contribution is 0.0949. The molecule has 1 saturated heterocycles. The van der Waals surface area contributed by atoms with Crippen LogP contribution in [-0.2, 0) is 6.54 Å².